The van der Waals surface area contributed by atoms with Crippen LogP contribution in [0.15, 0.2) is 468 Å². The van der Waals surface area contributed by atoms with Crippen LogP contribution >= 0.6 is 0 Å². The van der Waals surface area contributed by atoms with Gasteiger partial charge in [-0.05, 0) is 207 Å². The Balaban J connectivity index is 0.000000108. The summed E-state index contributed by atoms with van der Waals surface area (Å²) >= 11 is 0. The topological polar surface area (TPSA) is 155 Å². The Hall–Kier alpha value is -18.4. The van der Waals surface area contributed by atoms with E-state index in [4.69, 9.17) is 58.1 Å². The van der Waals surface area contributed by atoms with Gasteiger partial charge in [0, 0.05) is 82.4 Å². The first-order chi connectivity index (χ1) is 66.7. The molecule has 27 aromatic rings. The molecule has 0 unspecified atom stereocenters. The summed E-state index contributed by atoms with van der Waals surface area (Å²) in [6.45, 7) is 0. The van der Waals surface area contributed by atoms with Crippen molar-refractivity contribution in [3.63, 3.8) is 0 Å². The summed E-state index contributed by atoms with van der Waals surface area (Å²) in [6, 6.07) is 157. The lowest BCUT2D eigenvalue weighted by Gasteiger charge is -2.11. The molecule has 0 N–H and O–H groups in total. The van der Waals surface area contributed by atoms with E-state index >= 15 is 0 Å². The van der Waals surface area contributed by atoms with Crippen LogP contribution < -0.4 is 0 Å². The van der Waals surface area contributed by atoms with Crippen LogP contribution in [-0.2, 0) is 0 Å². The van der Waals surface area contributed by atoms with Crippen molar-refractivity contribution in [2.24, 2.45) is 0 Å². The fourth-order valence-corrected chi connectivity index (χ4v) is 18.5. The van der Waals surface area contributed by atoms with Crippen LogP contribution in [0.3, 0.4) is 0 Å². The van der Waals surface area contributed by atoms with Gasteiger partial charge in [0.2, 0.25) is 0 Å². The molecule has 0 amide bonds. The largest absolute Gasteiger partial charge is 0.456 e. The Bertz CT molecular complexity index is 9260. The number of furan rings is 3. The zero-order valence-corrected chi connectivity index (χ0v) is 72.6. The molecule has 12 heteroatoms. The van der Waals surface area contributed by atoms with Gasteiger partial charge in [-0.3, -0.25) is 0 Å². The predicted molar refractivity (Wildman–Crippen MR) is 552 cm³/mol. The maximum Gasteiger partial charge on any atom is 0.164 e. The molecular formula is C123H75N9O3. The van der Waals surface area contributed by atoms with Crippen molar-refractivity contribution in [1.29, 1.82) is 0 Å². The van der Waals surface area contributed by atoms with Gasteiger partial charge in [0.25, 0.3) is 0 Å². The molecule has 0 radical (unpaired) electrons. The summed E-state index contributed by atoms with van der Waals surface area (Å²) in [6.07, 6.45) is 0. The molecule has 0 aliphatic heterocycles. The third-order valence-corrected chi connectivity index (χ3v) is 25.4. The van der Waals surface area contributed by atoms with Gasteiger partial charge in [0.15, 0.2) is 52.4 Å². The highest BCUT2D eigenvalue weighted by atomic mass is 16.3. The van der Waals surface area contributed by atoms with Gasteiger partial charge in [-0.15, -0.1) is 0 Å². The summed E-state index contributed by atoms with van der Waals surface area (Å²) in [4.78, 5) is 45.0. The minimum atomic E-state index is 0.633. The highest BCUT2D eigenvalue weighted by Gasteiger charge is 2.22. The van der Waals surface area contributed by atoms with E-state index in [0.717, 1.165) is 187 Å². The van der Waals surface area contributed by atoms with Crippen LogP contribution in [0.25, 0.3) is 266 Å². The molecule has 12 nitrogen and oxygen atoms in total. The molecule has 135 heavy (non-hydrogen) atoms. The zero-order chi connectivity index (χ0) is 89.2. The van der Waals surface area contributed by atoms with Crippen molar-refractivity contribution in [2.75, 3.05) is 0 Å². The second-order valence-corrected chi connectivity index (χ2v) is 34.0. The first kappa shape index (κ1) is 78.8. The molecule has 0 aliphatic rings. The van der Waals surface area contributed by atoms with Crippen molar-refractivity contribution >= 4 is 130 Å². The van der Waals surface area contributed by atoms with Crippen molar-refractivity contribution in [1.82, 2.24) is 44.9 Å². The fraction of sp³-hybridized carbons (Fsp3) is 0. The van der Waals surface area contributed by atoms with Crippen molar-refractivity contribution < 1.29 is 13.3 Å². The number of nitrogens with zero attached hydrogens (tertiary/aromatic N) is 9. The Kier molecular flexibility index (Phi) is 19.6. The summed E-state index contributed by atoms with van der Waals surface area (Å²) in [5.41, 5.74) is 20.6. The van der Waals surface area contributed by atoms with E-state index in [1.165, 1.54) is 26.9 Å². The zero-order valence-electron chi connectivity index (χ0n) is 72.6. The molecule has 21 aromatic carbocycles. The highest BCUT2D eigenvalue weighted by Crippen LogP contribution is 2.42. The van der Waals surface area contributed by atoms with Crippen LogP contribution in [0.4, 0.5) is 0 Å². The third kappa shape index (κ3) is 15.4. The second kappa shape index (κ2) is 33.6. The molecule has 0 atom stereocenters. The highest BCUT2D eigenvalue weighted by molar-refractivity contribution is 6.13. The molecule has 0 aliphatic carbocycles. The monoisotopic (exact) mass is 1730 g/mol. The Morgan fingerprint density at radius 3 is 0.622 bits per heavy atom. The van der Waals surface area contributed by atoms with Crippen LogP contribution in [0.5, 0.6) is 0 Å². The minimum Gasteiger partial charge on any atom is -0.456 e. The third-order valence-electron chi connectivity index (χ3n) is 25.4. The van der Waals surface area contributed by atoms with Crippen molar-refractivity contribution in [3.05, 3.63) is 455 Å². The van der Waals surface area contributed by atoms with Gasteiger partial charge in [0.05, 0.1) is 0 Å². The standard InChI is InChI=1S/C43H27N3O.C41H25N3O.C39H23N3O/c1-3-11-28(12-4-1)30-15-9-17-34(23-30)42-44-41(29-13-5-2-6-14-29)45-43(46-42)35-18-10-16-31(24-35)32-21-22-33-27-40-38(26-36(33)25-32)37-19-7-8-20-39(37)47-40;1-2-10-27(11-3-1)39-42-40(44-41(43-39)33-20-17-26-9-4-5-12-28(26)21-33)32-14-8-13-29(22-32)30-18-19-31-25-38-36(24-34(31)23-30)35-15-6-7-16-37(35)45-38;1-3-9-26-19-29(16-13-24(26)7-1)37-40-38(30-17-14-25-8-2-4-10-27(25)20-30)42-39(41-37)31-18-15-28-23-36-34(22-32(28)21-31)33-11-5-6-12-35(33)43-36/h1-27H;1-25H;1-23H. The van der Waals surface area contributed by atoms with Gasteiger partial charge in [-0.1, -0.05) is 346 Å². The number of hydrogen-bond donors (Lipinski definition) is 0. The molecule has 0 bridgehead atoms. The Morgan fingerprint density at radius 2 is 0.304 bits per heavy atom. The number of hydrogen-bond acceptors (Lipinski definition) is 12. The van der Waals surface area contributed by atoms with E-state index < -0.39 is 0 Å². The number of para-hydroxylation sites is 3. The van der Waals surface area contributed by atoms with Crippen LogP contribution in [0.1, 0.15) is 0 Å². The molecule has 0 spiro atoms. The molecule has 630 valence electrons. The smallest absolute Gasteiger partial charge is 0.164 e. The van der Waals surface area contributed by atoms with Gasteiger partial charge in [0.1, 0.15) is 33.5 Å². The minimum absolute atomic E-state index is 0.633. The normalized spacial score (nSPS) is 11.6. The van der Waals surface area contributed by atoms with Gasteiger partial charge < -0.3 is 13.3 Å². The SMILES string of the molecule is c1ccc(-c2cccc(-c3nc(-c4ccccc4)nc(-c4cccc(-c5ccc6cc7oc8ccccc8c7cc6c5)c4)n3)c2)cc1.c1ccc(-c2nc(-c3cccc(-c4ccc5cc6oc7ccccc7c6cc5c4)c3)nc(-c3ccc4ccccc4c3)n2)cc1.c1ccc2cc(-c3nc(-c4ccc5ccccc5c4)nc(-c4ccc5cc6oc7ccccc7c6cc5c4)n3)ccc2c1. The fourth-order valence-electron chi connectivity index (χ4n) is 18.5. The lowest BCUT2D eigenvalue weighted by Crippen LogP contribution is -2.00. The van der Waals surface area contributed by atoms with Crippen molar-refractivity contribution in [3.8, 4) is 136 Å². The van der Waals surface area contributed by atoms with E-state index in [1.807, 2.05) is 109 Å². The summed E-state index contributed by atoms with van der Waals surface area (Å²) in [5, 5.41) is 20.6. The van der Waals surface area contributed by atoms with Crippen LogP contribution in [0, 0.1) is 0 Å². The summed E-state index contributed by atoms with van der Waals surface area (Å²) in [5.74, 6) is 5.79. The molecule has 0 saturated carbocycles. The van der Waals surface area contributed by atoms with Gasteiger partial charge in [-0.2, -0.15) is 0 Å². The van der Waals surface area contributed by atoms with Crippen LogP contribution in [-0.4, -0.2) is 44.9 Å². The number of benzene rings is 21. The average Bonchev–Trinajstić information content (AvgIpc) is 1.64. The van der Waals surface area contributed by atoms with Gasteiger partial charge >= 0.3 is 0 Å². The predicted octanol–water partition coefficient (Wildman–Crippen LogP) is 32.2. The molecular weight excluding hydrogens is 1650 g/mol. The quantitative estimate of drug-likeness (QED) is 0.114. The second-order valence-electron chi connectivity index (χ2n) is 34.0. The van der Waals surface area contributed by atoms with E-state index in [1.54, 1.807) is 0 Å². The average molecular weight is 1730 g/mol. The Morgan fingerprint density at radius 1 is 0.104 bits per heavy atom. The maximum absolute atomic E-state index is 6.13. The molecule has 0 saturated heterocycles. The molecule has 6 aromatic heterocycles. The van der Waals surface area contributed by atoms with E-state index in [9.17, 15) is 0 Å². The summed E-state index contributed by atoms with van der Waals surface area (Å²) < 4.78 is 18.4. The summed E-state index contributed by atoms with van der Waals surface area (Å²) in [7, 11) is 0. The first-order valence-corrected chi connectivity index (χ1v) is 45.1. The lowest BCUT2D eigenvalue weighted by atomic mass is 9.98. The molecule has 27 rings (SSSR count). The maximum atomic E-state index is 6.13. The van der Waals surface area contributed by atoms with Gasteiger partial charge in [-0.25, -0.2) is 44.9 Å². The number of aromatic nitrogens is 9. The van der Waals surface area contributed by atoms with Crippen LogP contribution in [0.2, 0.25) is 0 Å². The molecule has 0 fully saturated rings. The number of rotatable bonds is 12. The van der Waals surface area contributed by atoms with E-state index in [-0.39, 0.29) is 0 Å². The van der Waals surface area contributed by atoms with E-state index in [0.29, 0.717) is 52.4 Å². The lowest BCUT2D eigenvalue weighted by molar-refractivity contribution is 0.669. The Labute approximate surface area is 774 Å². The number of fused-ring (bicyclic) bond motifs is 15. The van der Waals surface area contributed by atoms with Crippen molar-refractivity contribution in [2.45, 2.75) is 0 Å². The first-order valence-electron chi connectivity index (χ1n) is 45.1. The molecule has 6 heterocycles. The van der Waals surface area contributed by atoms with E-state index in [2.05, 4.69) is 346 Å².